The summed E-state index contributed by atoms with van der Waals surface area (Å²) in [7, 11) is 0. The van der Waals surface area contributed by atoms with Crippen molar-refractivity contribution in [1.29, 1.82) is 0 Å². The standard InChI is InChI=1S/C29H26ClNO4/c1-18(2)14-15-34-21-10-7-9-19(16-21)26-25-27(32)22-11-4-6-13-24(22)35-28(25)29(33)31(26)17-20-8-3-5-12-23(20)30/h3-13,16,18,26H,14-15,17H2,1-2H3. The highest BCUT2D eigenvalue weighted by Crippen LogP contribution is 2.40. The van der Waals surface area contributed by atoms with Gasteiger partial charge in [0.15, 0.2) is 5.43 Å². The van der Waals surface area contributed by atoms with Gasteiger partial charge in [-0.15, -0.1) is 0 Å². The van der Waals surface area contributed by atoms with E-state index in [1.807, 2.05) is 42.5 Å². The molecule has 1 aliphatic heterocycles. The molecule has 1 aliphatic rings. The van der Waals surface area contributed by atoms with Crippen molar-refractivity contribution in [1.82, 2.24) is 4.90 Å². The number of para-hydroxylation sites is 1. The molecule has 3 aromatic carbocycles. The van der Waals surface area contributed by atoms with Crippen LogP contribution in [0.5, 0.6) is 5.75 Å². The Morgan fingerprint density at radius 3 is 2.57 bits per heavy atom. The summed E-state index contributed by atoms with van der Waals surface area (Å²) in [6.07, 6.45) is 0.934. The highest BCUT2D eigenvalue weighted by Gasteiger charge is 2.43. The number of carbonyl (C=O) groups is 1. The minimum Gasteiger partial charge on any atom is -0.494 e. The molecule has 0 aliphatic carbocycles. The van der Waals surface area contributed by atoms with Crippen LogP contribution in [0.4, 0.5) is 0 Å². The Labute approximate surface area is 208 Å². The van der Waals surface area contributed by atoms with Gasteiger partial charge in [0.1, 0.15) is 11.3 Å². The van der Waals surface area contributed by atoms with E-state index in [4.69, 9.17) is 20.8 Å². The lowest BCUT2D eigenvalue weighted by atomic mass is 9.98. The zero-order chi connectivity index (χ0) is 24.5. The topological polar surface area (TPSA) is 59.8 Å². The van der Waals surface area contributed by atoms with Gasteiger partial charge in [0.25, 0.3) is 5.91 Å². The Balaban J connectivity index is 1.63. The molecule has 0 N–H and O–H groups in total. The number of ether oxygens (including phenoxy) is 1. The van der Waals surface area contributed by atoms with Crippen molar-refractivity contribution in [2.45, 2.75) is 32.9 Å². The van der Waals surface area contributed by atoms with Crippen LogP contribution in [0.1, 0.15) is 53.6 Å². The minimum absolute atomic E-state index is 0.0804. The highest BCUT2D eigenvalue weighted by molar-refractivity contribution is 6.31. The second-order valence-electron chi connectivity index (χ2n) is 9.20. The van der Waals surface area contributed by atoms with Crippen LogP contribution in [0.15, 0.2) is 82.0 Å². The molecule has 2 heterocycles. The number of amides is 1. The van der Waals surface area contributed by atoms with Crippen LogP contribution in [0.3, 0.4) is 0 Å². The first-order chi connectivity index (χ1) is 16.9. The van der Waals surface area contributed by atoms with E-state index in [2.05, 4.69) is 13.8 Å². The molecule has 0 fully saturated rings. The predicted octanol–water partition coefficient (Wildman–Crippen LogP) is 6.62. The zero-order valence-corrected chi connectivity index (χ0v) is 20.4. The van der Waals surface area contributed by atoms with Crippen LogP contribution >= 0.6 is 11.6 Å². The van der Waals surface area contributed by atoms with Gasteiger partial charge in [-0.2, -0.15) is 0 Å². The molecule has 0 bridgehead atoms. The molecule has 178 valence electrons. The van der Waals surface area contributed by atoms with Crippen LogP contribution in [-0.4, -0.2) is 17.4 Å². The summed E-state index contributed by atoms with van der Waals surface area (Å²) in [5.74, 6) is 0.976. The van der Waals surface area contributed by atoms with Crippen molar-refractivity contribution in [2.75, 3.05) is 6.61 Å². The van der Waals surface area contributed by atoms with Gasteiger partial charge in [-0.25, -0.2) is 0 Å². The van der Waals surface area contributed by atoms with Crippen molar-refractivity contribution in [3.8, 4) is 5.75 Å². The fourth-order valence-corrected chi connectivity index (χ4v) is 4.67. The lowest BCUT2D eigenvalue weighted by Gasteiger charge is -2.26. The van der Waals surface area contributed by atoms with Gasteiger partial charge < -0.3 is 14.1 Å². The Bertz CT molecular complexity index is 1460. The molecule has 1 unspecified atom stereocenters. The molecule has 0 saturated carbocycles. The van der Waals surface area contributed by atoms with E-state index >= 15 is 0 Å². The maximum atomic E-state index is 13.7. The first-order valence-corrected chi connectivity index (χ1v) is 12.1. The Morgan fingerprint density at radius 2 is 1.77 bits per heavy atom. The fourth-order valence-electron chi connectivity index (χ4n) is 4.47. The summed E-state index contributed by atoms with van der Waals surface area (Å²) < 4.78 is 12.0. The molecule has 0 spiro atoms. The average Bonchev–Trinajstić information content (AvgIpc) is 3.12. The van der Waals surface area contributed by atoms with E-state index in [-0.39, 0.29) is 23.6 Å². The number of benzene rings is 3. The number of fused-ring (bicyclic) bond motifs is 2. The Morgan fingerprint density at radius 1 is 1.00 bits per heavy atom. The number of halogens is 1. The number of nitrogens with zero attached hydrogens (tertiary/aromatic N) is 1. The van der Waals surface area contributed by atoms with Crippen molar-refractivity contribution in [3.05, 3.63) is 110 Å². The smallest absolute Gasteiger partial charge is 0.291 e. The van der Waals surface area contributed by atoms with E-state index in [0.717, 1.165) is 17.5 Å². The van der Waals surface area contributed by atoms with Crippen LogP contribution in [0.2, 0.25) is 5.02 Å². The summed E-state index contributed by atoms with van der Waals surface area (Å²) in [5, 5.41) is 1.01. The lowest BCUT2D eigenvalue weighted by Crippen LogP contribution is -2.29. The molecule has 1 atom stereocenters. The third-order valence-corrected chi connectivity index (χ3v) is 6.68. The number of carbonyl (C=O) groups excluding carboxylic acids is 1. The van der Waals surface area contributed by atoms with Crippen LogP contribution in [-0.2, 0) is 6.54 Å². The second kappa shape index (κ2) is 9.59. The predicted molar refractivity (Wildman–Crippen MR) is 137 cm³/mol. The average molecular weight is 488 g/mol. The van der Waals surface area contributed by atoms with Gasteiger partial charge in [-0.1, -0.05) is 67.9 Å². The zero-order valence-electron chi connectivity index (χ0n) is 19.7. The summed E-state index contributed by atoms with van der Waals surface area (Å²) in [5.41, 5.74) is 2.12. The molecule has 5 rings (SSSR count). The number of rotatable bonds is 7. The van der Waals surface area contributed by atoms with Crippen LogP contribution in [0, 0.1) is 5.92 Å². The Hall–Kier alpha value is -3.57. The molecule has 0 saturated heterocycles. The van der Waals surface area contributed by atoms with Gasteiger partial charge >= 0.3 is 0 Å². The van der Waals surface area contributed by atoms with E-state index in [0.29, 0.717) is 39.8 Å². The molecule has 6 heteroatoms. The van der Waals surface area contributed by atoms with E-state index < -0.39 is 6.04 Å². The van der Waals surface area contributed by atoms with Crippen molar-refractivity contribution in [2.24, 2.45) is 5.92 Å². The monoisotopic (exact) mass is 487 g/mol. The number of hydrogen-bond acceptors (Lipinski definition) is 4. The second-order valence-corrected chi connectivity index (χ2v) is 9.61. The first-order valence-electron chi connectivity index (χ1n) is 11.8. The van der Waals surface area contributed by atoms with Gasteiger partial charge in [-0.3, -0.25) is 9.59 Å². The van der Waals surface area contributed by atoms with Crippen LogP contribution in [0.25, 0.3) is 11.0 Å². The third-order valence-electron chi connectivity index (χ3n) is 6.31. The maximum Gasteiger partial charge on any atom is 0.291 e. The summed E-state index contributed by atoms with van der Waals surface area (Å²) in [6, 6.07) is 21.4. The summed E-state index contributed by atoms with van der Waals surface area (Å²) in [4.78, 5) is 28.9. The van der Waals surface area contributed by atoms with Crippen molar-refractivity contribution in [3.63, 3.8) is 0 Å². The molecular formula is C29H26ClNO4. The summed E-state index contributed by atoms with van der Waals surface area (Å²) >= 11 is 6.44. The largest absolute Gasteiger partial charge is 0.494 e. The highest BCUT2D eigenvalue weighted by atomic mass is 35.5. The lowest BCUT2D eigenvalue weighted by molar-refractivity contribution is 0.0714. The van der Waals surface area contributed by atoms with Gasteiger partial charge in [0.2, 0.25) is 5.76 Å². The fraction of sp³-hybridized carbons (Fsp3) is 0.241. The first kappa shape index (κ1) is 23.2. The van der Waals surface area contributed by atoms with Crippen molar-refractivity contribution >= 4 is 28.5 Å². The Kier molecular flexibility index (Phi) is 6.35. The normalized spacial score (nSPS) is 15.1. The molecule has 35 heavy (non-hydrogen) atoms. The number of hydrogen-bond donors (Lipinski definition) is 0. The molecule has 5 nitrogen and oxygen atoms in total. The molecule has 1 amide bonds. The van der Waals surface area contributed by atoms with E-state index in [1.165, 1.54) is 0 Å². The molecule has 0 radical (unpaired) electrons. The molecule has 4 aromatic rings. The van der Waals surface area contributed by atoms with Gasteiger partial charge in [0, 0.05) is 11.6 Å². The van der Waals surface area contributed by atoms with Gasteiger partial charge in [0.05, 0.1) is 23.6 Å². The molecule has 1 aromatic heterocycles. The maximum absolute atomic E-state index is 13.7. The summed E-state index contributed by atoms with van der Waals surface area (Å²) in [6.45, 7) is 5.13. The molecular weight excluding hydrogens is 462 g/mol. The van der Waals surface area contributed by atoms with E-state index in [9.17, 15) is 9.59 Å². The van der Waals surface area contributed by atoms with E-state index in [1.54, 1.807) is 35.2 Å². The SMILES string of the molecule is CC(C)CCOc1cccc(C2c3c(oc4ccccc4c3=O)C(=O)N2Cc2ccccc2Cl)c1. The van der Waals surface area contributed by atoms with Crippen LogP contribution < -0.4 is 10.2 Å². The third kappa shape index (κ3) is 4.44. The minimum atomic E-state index is -0.622. The van der Waals surface area contributed by atoms with Crippen molar-refractivity contribution < 1.29 is 13.9 Å². The quantitative estimate of drug-likeness (QED) is 0.294. The van der Waals surface area contributed by atoms with Gasteiger partial charge in [-0.05, 0) is 53.8 Å².